The van der Waals surface area contributed by atoms with Gasteiger partial charge in [0.25, 0.3) is 5.91 Å². The minimum atomic E-state index is -0.400. The van der Waals surface area contributed by atoms with E-state index >= 15 is 0 Å². The van der Waals surface area contributed by atoms with Crippen LogP contribution in [0, 0.1) is 5.82 Å². The Kier molecular flexibility index (Phi) is 7.55. The molecule has 2 aromatic carbocycles. The van der Waals surface area contributed by atoms with Crippen LogP contribution in [0.3, 0.4) is 0 Å². The highest BCUT2D eigenvalue weighted by molar-refractivity contribution is 7.80. The van der Waals surface area contributed by atoms with Crippen molar-refractivity contribution in [2.45, 2.75) is 25.7 Å². The number of hydrogen-bond donors (Lipinski definition) is 2. The van der Waals surface area contributed by atoms with Crippen LogP contribution in [0.5, 0.6) is 0 Å². The molecule has 0 atom stereocenters. The largest absolute Gasteiger partial charge is 0.349 e. The third-order valence-electron chi connectivity index (χ3n) is 5.55. The van der Waals surface area contributed by atoms with Crippen LogP contribution in [-0.2, 0) is 4.79 Å². The second kappa shape index (κ2) is 10.6. The third-order valence-corrected chi connectivity index (χ3v) is 7.17. The molecule has 34 heavy (non-hydrogen) atoms. The summed E-state index contributed by atoms with van der Waals surface area (Å²) in [5.74, 6) is -0.710. The Hall–Kier alpha value is -2.88. The monoisotopic (exact) mass is 516 g/mol. The number of halogens is 2. The lowest BCUT2D eigenvalue weighted by Gasteiger charge is -2.32. The van der Waals surface area contributed by atoms with Gasteiger partial charge in [0.2, 0.25) is 5.91 Å². The number of rotatable bonds is 4. The van der Waals surface area contributed by atoms with Gasteiger partial charge in [0.05, 0.1) is 5.01 Å². The van der Waals surface area contributed by atoms with Gasteiger partial charge in [-0.15, -0.1) is 11.3 Å². The van der Waals surface area contributed by atoms with Gasteiger partial charge in [0.15, 0.2) is 5.11 Å². The van der Waals surface area contributed by atoms with Crippen molar-refractivity contribution in [3.63, 3.8) is 0 Å². The molecule has 1 fully saturated rings. The summed E-state index contributed by atoms with van der Waals surface area (Å²) in [4.78, 5) is 30.7. The van der Waals surface area contributed by atoms with Crippen molar-refractivity contribution in [3.05, 3.63) is 69.4 Å². The van der Waals surface area contributed by atoms with E-state index in [2.05, 4.69) is 15.6 Å². The predicted octanol–water partition coefficient (Wildman–Crippen LogP) is 5.46. The van der Waals surface area contributed by atoms with Crippen molar-refractivity contribution >= 4 is 57.8 Å². The Bertz CT molecular complexity index is 1220. The smallest absolute Gasteiger partial charge is 0.275 e. The van der Waals surface area contributed by atoms with Gasteiger partial charge in [0, 0.05) is 47.6 Å². The SMILES string of the molecule is CC(=O)NC(=S)N1CCC(c2nc(C(=O)Nc3ccc(F)cc3-c3ccc(Cl)cc3)cs2)CC1. The first-order valence-corrected chi connectivity index (χ1v) is 12.4. The molecule has 1 aliphatic heterocycles. The molecule has 10 heteroatoms. The molecule has 2 amide bonds. The Morgan fingerprint density at radius 3 is 2.56 bits per heavy atom. The molecule has 1 aliphatic rings. The van der Waals surface area contributed by atoms with Crippen LogP contribution in [0.1, 0.15) is 41.2 Å². The molecular formula is C24H22ClFN4O2S2. The molecule has 0 saturated carbocycles. The van der Waals surface area contributed by atoms with E-state index in [1.54, 1.807) is 29.6 Å². The molecule has 0 aliphatic carbocycles. The zero-order valence-electron chi connectivity index (χ0n) is 18.3. The molecular weight excluding hydrogens is 495 g/mol. The van der Waals surface area contributed by atoms with E-state index in [1.165, 1.54) is 36.5 Å². The number of hydrogen-bond acceptors (Lipinski definition) is 5. The van der Waals surface area contributed by atoms with Crippen molar-refractivity contribution < 1.29 is 14.0 Å². The lowest BCUT2D eigenvalue weighted by atomic mass is 9.98. The molecule has 0 unspecified atom stereocenters. The van der Waals surface area contributed by atoms with Crippen molar-refractivity contribution in [2.75, 3.05) is 18.4 Å². The van der Waals surface area contributed by atoms with Gasteiger partial charge in [-0.1, -0.05) is 23.7 Å². The number of anilines is 1. The van der Waals surface area contributed by atoms with E-state index in [4.69, 9.17) is 23.8 Å². The molecule has 2 heterocycles. The average Bonchev–Trinajstić information content (AvgIpc) is 3.31. The van der Waals surface area contributed by atoms with E-state index in [1.807, 2.05) is 4.90 Å². The second-order valence-corrected chi connectivity index (χ2v) is 9.68. The van der Waals surface area contributed by atoms with E-state index in [-0.39, 0.29) is 17.7 Å². The van der Waals surface area contributed by atoms with Crippen LogP contribution in [0.2, 0.25) is 5.02 Å². The van der Waals surface area contributed by atoms with Crippen molar-refractivity contribution in [3.8, 4) is 11.1 Å². The normalized spacial score (nSPS) is 14.0. The number of thiocarbonyl (C=S) groups is 1. The lowest BCUT2D eigenvalue weighted by molar-refractivity contribution is -0.117. The Labute approximate surface area is 211 Å². The maximum absolute atomic E-state index is 13.9. The van der Waals surface area contributed by atoms with Crippen molar-refractivity contribution in [1.29, 1.82) is 0 Å². The summed E-state index contributed by atoms with van der Waals surface area (Å²) in [6.07, 6.45) is 1.65. The summed E-state index contributed by atoms with van der Waals surface area (Å²) in [6.45, 7) is 2.86. The zero-order valence-corrected chi connectivity index (χ0v) is 20.7. The standard InChI is InChI=1S/C24H22ClFN4O2S2/c1-14(31)27-24(33)30-10-8-16(9-11-30)23-29-21(13-34-23)22(32)28-20-7-6-18(26)12-19(20)15-2-4-17(25)5-3-15/h2-7,12-13,16H,8-11H2,1H3,(H,28,32)(H,27,31,33). The quantitative estimate of drug-likeness (QED) is 0.451. The number of likely N-dealkylation sites (tertiary alicyclic amines) is 1. The second-order valence-electron chi connectivity index (χ2n) is 7.97. The lowest BCUT2D eigenvalue weighted by Crippen LogP contribution is -2.45. The van der Waals surface area contributed by atoms with Crippen molar-refractivity contribution in [1.82, 2.24) is 15.2 Å². The summed E-state index contributed by atoms with van der Waals surface area (Å²) in [5, 5.41) is 9.17. The summed E-state index contributed by atoms with van der Waals surface area (Å²) in [6, 6.07) is 11.2. The van der Waals surface area contributed by atoms with Gasteiger partial charge >= 0.3 is 0 Å². The zero-order chi connectivity index (χ0) is 24.2. The number of thiazole rings is 1. The Morgan fingerprint density at radius 2 is 1.88 bits per heavy atom. The predicted molar refractivity (Wildman–Crippen MR) is 137 cm³/mol. The van der Waals surface area contributed by atoms with E-state index in [0.717, 1.165) is 23.4 Å². The fourth-order valence-electron chi connectivity index (χ4n) is 3.82. The number of amides is 2. The van der Waals surface area contributed by atoms with Gasteiger partial charge in [0.1, 0.15) is 11.5 Å². The molecule has 176 valence electrons. The molecule has 3 aromatic rings. The van der Waals surface area contributed by atoms with Crippen LogP contribution >= 0.6 is 35.2 Å². The molecule has 6 nitrogen and oxygen atoms in total. The fourth-order valence-corrected chi connectivity index (χ4v) is 5.24. The summed E-state index contributed by atoms with van der Waals surface area (Å²) < 4.78 is 13.9. The van der Waals surface area contributed by atoms with E-state index in [9.17, 15) is 14.0 Å². The van der Waals surface area contributed by atoms with Gasteiger partial charge in [-0.05, 0) is 61.0 Å². The number of benzene rings is 2. The van der Waals surface area contributed by atoms with E-state index in [0.29, 0.717) is 40.2 Å². The third kappa shape index (κ3) is 5.78. The van der Waals surface area contributed by atoms with Crippen LogP contribution in [0.25, 0.3) is 11.1 Å². The summed E-state index contributed by atoms with van der Waals surface area (Å²) in [5.41, 5.74) is 2.11. The number of nitrogens with one attached hydrogen (secondary N) is 2. The van der Waals surface area contributed by atoms with Gasteiger partial charge in [-0.2, -0.15) is 0 Å². The fraction of sp³-hybridized carbons (Fsp3) is 0.250. The molecule has 1 aromatic heterocycles. The molecule has 2 N–H and O–H groups in total. The number of nitrogens with zero attached hydrogens (tertiary/aromatic N) is 2. The summed E-state index contributed by atoms with van der Waals surface area (Å²) in [7, 11) is 0. The first kappa shape index (κ1) is 24.3. The maximum atomic E-state index is 13.9. The highest BCUT2D eigenvalue weighted by Gasteiger charge is 2.25. The number of aromatic nitrogens is 1. The Balaban J connectivity index is 1.43. The number of carbonyl (C=O) groups is 2. The number of piperidine rings is 1. The van der Waals surface area contributed by atoms with Crippen LogP contribution in [-0.4, -0.2) is 39.9 Å². The highest BCUT2D eigenvalue weighted by atomic mass is 35.5. The average molecular weight is 517 g/mol. The van der Waals surface area contributed by atoms with Crippen LogP contribution in [0.15, 0.2) is 47.8 Å². The van der Waals surface area contributed by atoms with Crippen LogP contribution < -0.4 is 10.6 Å². The van der Waals surface area contributed by atoms with Gasteiger partial charge < -0.3 is 15.5 Å². The first-order valence-electron chi connectivity index (χ1n) is 10.7. The van der Waals surface area contributed by atoms with Gasteiger partial charge in [-0.3, -0.25) is 9.59 Å². The minimum Gasteiger partial charge on any atom is -0.349 e. The summed E-state index contributed by atoms with van der Waals surface area (Å²) >= 11 is 12.7. The van der Waals surface area contributed by atoms with Crippen LogP contribution in [0.4, 0.5) is 10.1 Å². The minimum absolute atomic E-state index is 0.178. The molecule has 4 rings (SSSR count). The molecule has 0 bridgehead atoms. The molecule has 1 saturated heterocycles. The first-order chi connectivity index (χ1) is 16.3. The Morgan fingerprint density at radius 1 is 1.18 bits per heavy atom. The van der Waals surface area contributed by atoms with Gasteiger partial charge in [-0.25, -0.2) is 9.37 Å². The maximum Gasteiger partial charge on any atom is 0.275 e. The molecule has 0 radical (unpaired) electrons. The topological polar surface area (TPSA) is 74.3 Å². The number of carbonyl (C=O) groups excluding carboxylic acids is 2. The van der Waals surface area contributed by atoms with E-state index < -0.39 is 5.82 Å². The van der Waals surface area contributed by atoms with Crippen molar-refractivity contribution in [2.24, 2.45) is 0 Å². The molecule has 0 spiro atoms. The highest BCUT2D eigenvalue weighted by Crippen LogP contribution is 2.32.